The Morgan fingerprint density at radius 2 is 2.00 bits per heavy atom. The van der Waals surface area contributed by atoms with Crippen LogP contribution in [0, 0.1) is 5.41 Å². The lowest BCUT2D eigenvalue weighted by atomic mass is 9.84. The molecule has 0 aromatic carbocycles. The molecule has 1 aliphatic rings. The second-order valence-electron chi connectivity index (χ2n) is 6.51. The van der Waals surface area contributed by atoms with Gasteiger partial charge in [0.1, 0.15) is 0 Å². The van der Waals surface area contributed by atoms with E-state index in [1.165, 1.54) is 19.4 Å². The number of nitrogens with one attached hydrogen (secondary N) is 1. The van der Waals surface area contributed by atoms with Crippen molar-refractivity contribution in [2.45, 2.75) is 72.5 Å². The maximum absolute atomic E-state index is 3.69. The van der Waals surface area contributed by atoms with Gasteiger partial charge in [0.2, 0.25) is 0 Å². The average Bonchev–Trinajstić information content (AvgIpc) is 2.16. The summed E-state index contributed by atoms with van der Waals surface area (Å²) >= 11 is 0. The predicted molar refractivity (Wildman–Crippen MR) is 71.8 cm³/mol. The zero-order valence-electron chi connectivity index (χ0n) is 12.0. The normalized spacial score (nSPS) is 30.4. The Balaban J connectivity index is 2.61. The first-order chi connectivity index (χ1) is 7.36. The van der Waals surface area contributed by atoms with Crippen molar-refractivity contribution in [2.24, 2.45) is 5.41 Å². The minimum atomic E-state index is 0.365. The molecule has 1 saturated heterocycles. The Hall–Kier alpha value is -0.0800. The van der Waals surface area contributed by atoms with E-state index in [1.54, 1.807) is 0 Å². The van der Waals surface area contributed by atoms with Crippen LogP contribution in [0.3, 0.4) is 0 Å². The topological polar surface area (TPSA) is 15.3 Å². The SMILES string of the molecule is CCCC(C)N1CC(C(C)(C)C)NCC1C. The van der Waals surface area contributed by atoms with E-state index in [-0.39, 0.29) is 0 Å². The van der Waals surface area contributed by atoms with Crippen LogP contribution in [-0.2, 0) is 0 Å². The third-order valence-electron chi connectivity index (χ3n) is 3.94. The summed E-state index contributed by atoms with van der Waals surface area (Å²) in [5, 5.41) is 3.69. The molecule has 1 heterocycles. The van der Waals surface area contributed by atoms with Gasteiger partial charge < -0.3 is 5.32 Å². The van der Waals surface area contributed by atoms with Crippen LogP contribution in [0.1, 0.15) is 54.4 Å². The first-order valence-corrected chi connectivity index (χ1v) is 6.85. The van der Waals surface area contributed by atoms with Crippen LogP contribution in [-0.4, -0.2) is 36.1 Å². The predicted octanol–water partition coefficient (Wildman–Crippen LogP) is 2.88. The standard InChI is InChI=1S/C14H30N2/c1-7-8-11(2)16-10-13(14(4,5)6)15-9-12(16)3/h11-13,15H,7-10H2,1-6H3. The molecular weight excluding hydrogens is 196 g/mol. The van der Waals surface area contributed by atoms with E-state index in [4.69, 9.17) is 0 Å². The van der Waals surface area contributed by atoms with Gasteiger partial charge in [-0.25, -0.2) is 0 Å². The molecule has 1 aliphatic heterocycles. The van der Waals surface area contributed by atoms with Crippen LogP contribution in [0.15, 0.2) is 0 Å². The van der Waals surface area contributed by atoms with Gasteiger partial charge in [-0.2, -0.15) is 0 Å². The Labute approximate surface area is 102 Å². The second-order valence-corrected chi connectivity index (χ2v) is 6.51. The van der Waals surface area contributed by atoms with E-state index in [2.05, 4.69) is 51.8 Å². The molecule has 2 nitrogen and oxygen atoms in total. The zero-order valence-corrected chi connectivity index (χ0v) is 12.0. The van der Waals surface area contributed by atoms with Crippen molar-refractivity contribution in [1.82, 2.24) is 10.2 Å². The quantitative estimate of drug-likeness (QED) is 0.796. The summed E-state index contributed by atoms with van der Waals surface area (Å²) in [5.74, 6) is 0. The largest absolute Gasteiger partial charge is 0.311 e. The van der Waals surface area contributed by atoms with Gasteiger partial charge in [0.25, 0.3) is 0 Å². The van der Waals surface area contributed by atoms with Crippen LogP contribution < -0.4 is 5.32 Å². The summed E-state index contributed by atoms with van der Waals surface area (Å²) in [6.45, 7) is 16.4. The van der Waals surface area contributed by atoms with E-state index in [1.807, 2.05) is 0 Å². The Bertz CT molecular complexity index is 207. The lowest BCUT2D eigenvalue weighted by Crippen LogP contribution is -2.61. The molecule has 2 heteroatoms. The van der Waals surface area contributed by atoms with Crippen molar-refractivity contribution < 1.29 is 0 Å². The smallest absolute Gasteiger partial charge is 0.0244 e. The molecule has 0 aromatic rings. The van der Waals surface area contributed by atoms with Gasteiger partial charge in [0, 0.05) is 31.2 Å². The second kappa shape index (κ2) is 5.50. The van der Waals surface area contributed by atoms with Crippen LogP contribution >= 0.6 is 0 Å². The summed E-state index contributed by atoms with van der Waals surface area (Å²) in [5.41, 5.74) is 0.365. The number of rotatable bonds is 3. The van der Waals surface area contributed by atoms with Gasteiger partial charge in [-0.3, -0.25) is 4.90 Å². The van der Waals surface area contributed by atoms with E-state index < -0.39 is 0 Å². The maximum Gasteiger partial charge on any atom is 0.0244 e. The summed E-state index contributed by atoms with van der Waals surface area (Å²) in [4.78, 5) is 2.69. The number of hydrogen-bond acceptors (Lipinski definition) is 2. The molecule has 1 N–H and O–H groups in total. The molecule has 1 fully saturated rings. The summed E-state index contributed by atoms with van der Waals surface area (Å²) in [6.07, 6.45) is 2.61. The molecule has 0 radical (unpaired) electrons. The lowest BCUT2D eigenvalue weighted by molar-refractivity contribution is 0.0599. The van der Waals surface area contributed by atoms with Crippen LogP contribution in [0.5, 0.6) is 0 Å². The lowest BCUT2D eigenvalue weighted by Gasteiger charge is -2.46. The summed E-state index contributed by atoms with van der Waals surface area (Å²) in [6, 6.07) is 2.04. The van der Waals surface area contributed by atoms with E-state index in [9.17, 15) is 0 Å². The van der Waals surface area contributed by atoms with E-state index in [0.29, 0.717) is 17.5 Å². The highest BCUT2D eigenvalue weighted by Crippen LogP contribution is 2.25. The first kappa shape index (κ1) is 14.0. The molecule has 16 heavy (non-hydrogen) atoms. The third-order valence-corrected chi connectivity index (χ3v) is 3.94. The molecule has 0 spiro atoms. The molecule has 0 amide bonds. The Morgan fingerprint density at radius 3 is 2.50 bits per heavy atom. The van der Waals surface area contributed by atoms with Gasteiger partial charge in [0.05, 0.1) is 0 Å². The van der Waals surface area contributed by atoms with Crippen molar-refractivity contribution in [3.8, 4) is 0 Å². The summed E-state index contributed by atoms with van der Waals surface area (Å²) < 4.78 is 0. The molecule has 0 aromatic heterocycles. The van der Waals surface area contributed by atoms with Gasteiger partial charge in [-0.15, -0.1) is 0 Å². The molecule has 3 atom stereocenters. The number of nitrogens with zero attached hydrogens (tertiary/aromatic N) is 1. The molecular formula is C14H30N2. The Morgan fingerprint density at radius 1 is 1.38 bits per heavy atom. The highest BCUT2D eigenvalue weighted by Gasteiger charge is 2.33. The molecule has 0 aliphatic carbocycles. The fraction of sp³-hybridized carbons (Fsp3) is 1.00. The van der Waals surface area contributed by atoms with Crippen LogP contribution in [0.25, 0.3) is 0 Å². The van der Waals surface area contributed by atoms with Gasteiger partial charge >= 0.3 is 0 Å². The van der Waals surface area contributed by atoms with Crippen molar-refractivity contribution in [3.63, 3.8) is 0 Å². The van der Waals surface area contributed by atoms with Gasteiger partial charge in [-0.1, -0.05) is 34.1 Å². The molecule has 96 valence electrons. The molecule has 3 unspecified atom stereocenters. The van der Waals surface area contributed by atoms with Crippen LogP contribution in [0.4, 0.5) is 0 Å². The average molecular weight is 226 g/mol. The molecule has 0 saturated carbocycles. The van der Waals surface area contributed by atoms with Crippen LogP contribution in [0.2, 0.25) is 0 Å². The highest BCUT2D eigenvalue weighted by atomic mass is 15.2. The Kier molecular flexibility index (Phi) is 4.81. The first-order valence-electron chi connectivity index (χ1n) is 6.85. The monoisotopic (exact) mass is 226 g/mol. The molecule has 1 rings (SSSR count). The van der Waals surface area contributed by atoms with Crippen molar-refractivity contribution >= 4 is 0 Å². The minimum absolute atomic E-state index is 0.365. The van der Waals surface area contributed by atoms with E-state index in [0.717, 1.165) is 12.6 Å². The molecule has 0 bridgehead atoms. The zero-order chi connectivity index (χ0) is 12.3. The third kappa shape index (κ3) is 3.46. The number of piperazine rings is 1. The fourth-order valence-corrected chi connectivity index (χ4v) is 2.66. The van der Waals surface area contributed by atoms with Crippen molar-refractivity contribution in [1.29, 1.82) is 0 Å². The minimum Gasteiger partial charge on any atom is -0.311 e. The highest BCUT2D eigenvalue weighted by molar-refractivity contribution is 4.92. The summed E-state index contributed by atoms with van der Waals surface area (Å²) in [7, 11) is 0. The van der Waals surface area contributed by atoms with Gasteiger partial charge in [0.15, 0.2) is 0 Å². The maximum atomic E-state index is 3.69. The van der Waals surface area contributed by atoms with Crippen molar-refractivity contribution in [3.05, 3.63) is 0 Å². The fourth-order valence-electron chi connectivity index (χ4n) is 2.66. The van der Waals surface area contributed by atoms with Gasteiger partial charge in [-0.05, 0) is 25.7 Å². The van der Waals surface area contributed by atoms with Crippen molar-refractivity contribution in [2.75, 3.05) is 13.1 Å². The number of hydrogen-bond donors (Lipinski definition) is 1. The van der Waals surface area contributed by atoms with E-state index >= 15 is 0 Å².